The van der Waals surface area contributed by atoms with E-state index in [0.29, 0.717) is 32.1 Å². The summed E-state index contributed by atoms with van der Waals surface area (Å²) in [5.41, 5.74) is -1.79. The molecule has 5 nitrogen and oxygen atoms in total. The van der Waals surface area contributed by atoms with Gasteiger partial charge in [0.05, 0.1) is 5.41 Å². The maximum Gasteiger partial charge on any atom is 0.201 e. The van der Waals surface area contributed by atoms with E-state index in [0.717, 1.165) is 22.3 Å². The molecule has 41 heavy (non-hydrogen) atoms. The lowest BCUT2D eigenvalue weighted by atomic mass is 9.35. The first kappa shape index (κ1) is 33.4. The SMILES string of the molecule is CCC(C)C(=O)[C@]12C(=O)[C@]3(CC=C(C)C)OC1(O)[C@](CC=C(C)C)(C[C@H](CC=C(C)C)[C@@]2(C)CCC=C(C)C)C3=O. The van der Waals surface area contributed by atoms with Crippen molar-refractivity contribution in [3.8, 4) is 0 Å². The van der Waals surface area contributed by atoms with Crippen LogP contribution in [0.1, 0.15) is 121 Å². The van der Waals surface area contributed by atoms with E-state index in [2.05, 4.69) is 12.2 Å². The Balaban J connectivity index is 2.50. The highest BCUT2D eigenvalue weighted by Crippen LogP contribution is 2.78. The number of fused-ring (bicyclic) bond motifs is 1. The second-order valence-corrected chi connectivity index (χ2v) is 14.4. The number of allylic oxidation sites excluding steroid dienone is 7. The van der Waals surface area contributed by atoms with Crippen molar-refractivity contribution >= 4 is 17.3 Å². The Labute approximate surface area is 248 Å². The van der Waals surface area contributed by atoms with Gasteiger partial charge >= 0.3 is 0 Å². The van der Waals surface area contributed by atoms with Crippen LogP contribution < -0.4 is 0 Å². The van der Waals surface area contributed by atoms with Gasteiger partial charge < -0.3 is 9.84 Å². The first-order valence-electron chi connectivity index (χ1n) is 15.5. The van der Waals surface area contributed by atoms with Gasteiger partial charge in [0, 0.05) is 12.3 Å². The zero-order valence-electron chi connectivity index (χ0n) is 27.5. The molecule has 0 aromatic carbocycles. The summed E-state index contributed by atoms with van der Waals surface area (Å²) in [6.07, 6.45) is 11.1. The Bertz CT molecular complexity index is 1200. The van der Waals surface area contributed by atoms with Gasteiger partial charge in [0.15, 0.2) is 28.4 Å². The van der Waals surface area contributed by atoms with Gasteiger partial charge in [0.1, 0.15) is 0 Å². The average molecular weight is 567 g/mol. The Morgan fingerprint density at radius 1 is 0.902 bits per heavy atom. The molecule has 2 unspecified atom stereocenters. The van der Waals surface area contributed by atoms with Gasteiger partial charge in [-0.25, -0.2) is 0 Å². The maximum absolute atomic E-state index is 15.2. The number of hydrogen-bond acceptors (Lipinski definition) is 5. The summed E-state index contributed by atoms with van der Waals surface area (Å²) >= 11 is 0. The summed E-state index contributed by atoms with van der Waals surface area (Å²) in [7, 11) is 0. The predicted octanol–water partition coefficient (Wildman–Crippen LogP) is 8.03. The molecule has 2 heterocycles. The second-order valence-electron chi connectivity index (χ2n) is 14.4. The molecule has 2 saturated heterocycles. The molecule has 0 amide bonds. The van der Waals surface area contributed by atoms with Crippen molar-refractivity contribution in [3.63, 3.8) is 0 Å². The predicted molar refractivity (Wildman–Crippen MR) is 165 cm³/mol. The fourth-order valence-electron chi connectivity index (χ4n) is 7.96. The monoisotopic (exact) mass is 566 g/mol. The average Bonchev–Trinajstić information content (AvgIpc) is 3.22. The van der Waals surface area contributed by atoms with Gasteiger partial charge in [-0.05, 0) is 105 Å². The highest BCUT2D eigenvalue weighted by atomic mass is 16.7. The third-order valence-corrected chi connectivity index (χ3v) is 10.5. The third-order valence-electron chi connectivity index (χ3n) is 10.5. The molecule has 3 rings (SSSR count). The van der Waals surface area contributed by atoms with Crippen molar-refractivity contribution in [2.45, 2.75) is 132 Å². The second kappa shape index (κ2) is 11.5. The molecule has 0 aromatic rings. The Morgan fingerprint density at radius 2 is 1.44 bits per heavy atom. The zero-order chi connectivity index (χ0) is 31.2. The van der Waals surface area contributed by atoms with Crippen molar-refractivity contribution in [1.82, 2.24) is 0 Å². The molecule has 3 aliphatic rings. The number of Topliss-reactive ketones (excluding diaryl/α,β-unsaturated/α-hetero) is 3. The minimum absolute atomic E-state index is 0.0319. The van der Waals surface area contributed by atoms with Crippen molar-refractivity contribution in [2.24, 2.45) is 28.1 Å². The van der Waals surface area contributed by atoms with E-state index in [-0.39, 0.29) is 30.3 Å². The molecular formula is C36H54O5. The summed E-state index contributed by atoms with van der Waals surface area (Å²) in [6.45, 7) is 21.7. The number of ether oxygens (including phenoxy) is 1. The van der Waals surface area contributed by atoms with E-state index in [1.165, 1.54) is 0 Å². The first-order chi connectivity index (χ1) is 18.9. The van der Waals surface area contributed by atoms with Crippen molar-refractivity contribution in [2.75, 3.05) is 0 Å². The molecule has 0 radical (unpaired) electrons. The van der Waals surface area contributed by atoms with Gasteiger partial charge in [-0.3, -0.25) is 14.4 Å². The highest BCUT2D eigenvalue weighted by molar-refractivity contribution is 6.28. The molecule has 2 aliphatic heterocycles. The van der Waals surface area contributed by atoms with Crippen LogP contribution in [0, 0.1) is 28.1 Å². The van der Waals surface area contributed by atoms with E-state index >= 15 is 4.79 Å². The van der Waals surface area contributed by atoms with Crippen molar-refractivity contribution in [3.05, 3.63) is 46.6 Å². The van der Waals surface area contributed by atoms with Crippen molar-refractivity contribution < 1.29 is 24.2 Å². The number of hydrogen-bond donors (Lipinski definition) is 1. The topological polar surface area (TPSA) is 80.7 Å². The molecule has 1 N–H and O–H groups in total. The van der Waals surface area contributed by atoms with Gasteiger partial charge in [-0.2, -0.15) is 0 Å². The fourth-order valence-corrected chi connectivity index (χ4v) is 7.96. The Kier molecular flexibility index (Phi) is 9.39. The van der Waals surface area contributed by atoms with Gasteiger partial charge in [-0.1, -0.05) is 67.4 Å². The van der Waals surface area contributed by atoms with E-state index in [1.807, 2.05) is 88.3 Å². The van der Waals surface area contributed by atoms with Crippen LogP contribution in [0.5, 0.6) is 0 Å². The quantitative estimate of drug-likeness (QED) is 0.191. The van der Waals surface area contributed by atoms with Gasteiger partial charge in [0.25, 0.3) is 0 Å². The standard InChI is InChI=1S/C36H54O5/c1-12-27(10)29(37)35-31(39)34(21-18-26(8)9)30(38)33(20-17-25(6)7,36(35,40)41-34)22-28(16-15-24(4)5)32(35,11)19-13-14-23(2)3/h14-15,17-18,27-28,40H,12-13,16,19-22H2,1-11H3/t27?,28-,32+,33+,34+,35+,36?/m0/s1. The molecule has 7 atom stereocenters. The maximum atomic E-state index is 15.2. The summed E-state index contributed by atoms with van der Waals surface area (Å²) in [4.78, 5) is 44.9. The van der Waals surface area contributed by atoms with Crippen LogP contribution >= 0.6 is 0 Å². The lowest BCUT2D eigenvalue weighted by Gasteiger charge is -2.64. The molecule has 5 heteroatoms. The van der Waals surface area contributed by atoms with E-state index in [9.17, 15) is 14.7 Å². The van der Waals surface area contributed by atoms with Gasteiger partial charge in [0.2, 0.25) is 5.79 Å². The number of ketones is 3. The van der Waals surface area contributed by atoms with Crippen LogP contribution in [0.3, 0.4) is 0 Å². The van der Waals surface area contributed by atoms with Crippen LogP contribution in [0.15, 0.2) is 46.6 Å². The smallest absolute Gasteiger partial charge is 0.201 e. The zero-order valence-corrected chi connectivity index (χ0v) is 27.5. The Hall–Kier alpha value is -2.11. The minimum Gasteiger partial charge on any atom is -0.363 e. The van der Waals surface area contributed by atoms with Crippen LogP contribution in [-0.4, -0.2) is 33.8 Å². The van der Waals surface area contributed by atoms with Crippen LogP contribution in [0.25, 0.3) is 0 Å². The van der Waals surface area contributed by atoms with E-state index in [4.69, 9.17) is 4.74 Å². The van der Waals surface area contributed by atoms with Crippen LogP contribution in [0.4, 0.5) is 0 Å². The molecule has 0 aromatic heterocycles. The number of aliphatic hydroxyl groups is 1. The lowest BCUT2D eigenvalue weighted by Crippen LogP contribution is -2.78. The Morgan fingerprint density at radius 3 is 1.95 bits per heavy atom. The summed E-state index contributed by atoms with van der Waals surface area (Å²) in [5, 5.41) is 13.1. The first-order valence-corrected chi connectivity index (χ1v) is 15.5. The summed E-state index contributed by atoms with van der Waals surface area (Å²) in [5.74, 6) is -4.03. The molecule has 1 saturated carbocycles. The molecule has 3 fully saturated rings. The fraction of sp³-hybridized carbons (Fsp3) is 0.694. The van der Waals surface area contributed by atoms with Crippen LogP contribution in [-0.2, 0) is 19.1 Å². The summed E-state index contributed by atoms with van der Waals surface area (Å²) < 4.78 is 6.57. The third kappa shape index (κ3) is 4.70. The largest absolute Gasteiger partial charge is 0.363 e. The summed E-state index contributed by atoms with van der Waals surface area (Å²) in [6, 6.07) is 0. The minimum atomic E-state index is -2.22. The molecule has 1 aliphatic carbocycles. The van der Waals surface area contributed by atoms with Gasteiger partial charge in [-0.15, -0.1) is 0 Å². The number of carbonyl (C=O) groups is 3. The molecule has 228 valence electrons. The number of rotatable bonds is 12. The molecule has 2 bridgehead atoms. The highest BCUT2D eigenvalue weighted by Gasteiger charge is 2.94. The van der Waals surface area contributed by atoms with E-state index in [1.54, 1.807) is 0 Å². The number of carbonyl (C=O) groups excluding carboxylic acids is 3. The molecule has 0 spiro atoms. The van der Waals surface area contributed by atoms with E-state index < -0.39 is 39.3 Å². The molecular weight excluding hydrogens is 512 g/mol. The van der Waals surface area contributed by atoms with Crippen LogP contribution in [0.2, 0.25) is 0 Å². The lowest BCUT2D eigenvalue weighted by molar-refractivity contribution is -0.317. The van der Waals surface area contributed by atoms with Crippen molar-refractivity contribution in [1.29, 1.82) is 0 Å². The normalized spacial score (nSPS) is 36.0.